The maximum Gasteiger partial charge on any atom is 0.262 e. The van der Waals surface area contributed by atoms with E-state index in [1.165, 1.54) is 13.2 Å². The number of ether oxygens (including phenoxy) is 3. The first-order valence-electron chi connectivity index (χ1n) is 10.4. The molecule has 0 unspecified atom stereocenters. The minimum atomic E-state index is -0.481. The van der Waals surface area contributed by atoms with Crippen LogP contribution in [-0.4, -0.2) is 20.1 Å². The van der Waals surface area contributed by atoms with Crippen LogP contribution in [0, 0.1) is 22.7 Å². The number of amides is 1. The second kappa shape index (κ2) is 11.8. The Morgan fingerprint density at radius 2 is 1.74 bits per heavy atom. The van der Waals surface area contributed by atoms with Gasteiger partial charge in [-0.2, -0.15) is 10.5 Å². The van der Waals surface area contributed by atoms with Crippen LogP contribution >= 0.6 is 0 Å². The van der Waals surface area contributed by atoms with Gasteiger partial charge in [0.15, 0.2) is 11.5 Å². The van der Waals surface area contributed by atoms with Crippen molar-refractivity contribution < 1.29 is 19.0 Å². The van der Waals surface area contributed by atoms with Crippen LogP contribution in [0.5, 0.6) is 17.2 Å². The number of carbonyl (C=O) groups is 1. The number of nitrogens with one attached hydrogen (secondary N) is 1. The van der Waals surface area contributed by atoms with E-state index >= 15 is 0 Å². The number of methoxy groups -OCH3 is 2. The first kappa shape index (κ1) is 23.9. The molecule has 0 radical (unpaired) electrons. The summed E-state index contributed by atoms with van der Waals surface area (Å²) in [7, 11) is 3.09. The number of rotatable bonds is 9. The fraction of sp³-hybridized carbons (Fsp3) is 0.148. The smallest absolute Gasteiger partial charge is 0.262 e. The predicted molar refractivity (Wildman–Crippen MR) is 127 cm³/mol. The van der Waals surface area contributed by atoms with Crippen LogP contribution in [-0.2, 0) is 17.9 Å². The molecule has 0 saturated heterocycles. The van der Waals surface area contributed by atoms with Gasteiger partial charge in [-0.05, 0) is 47.5 Å². The van der Waals surface area contributed by atoms with Crippen molar-refractivity contribution in [2.45, 2.75) is 13.2 Å². The SMILES string of the molecule is COc1ccc(CNC(=O)/C(C#N)=C\c2ccc(OCc3ccccc3C#N)c(OC)c2)cc1. The number of nitriles is 2. The van der Waals surface area contributed by atoms with E-state index in [1.807, 2.05) is 30.3 Å². The molecule has 0 spiro atoms. The first-order chi connectivity index (χ1) is 16.6. The summed E-state index contributed by atoms with van der Waals surface area (Å²) in [6, 6.07) is 23.7. The summed E-state index contributed by atoms with van der Waals surface area (Å²) in [5, 5.41) is 21.5. The highest BCUT2D eigenvalue weighted by Gasteiger charge is 2.11. The molecule has 0 saturated carbocycles. The van der Waals surface area contributed by atoms with Crippen molar-refractivity contribution in [3.63, 3.8) is 0 Å². The molecule has 3 aromatic rings. The van der Waals surface area contributed by atoms with Gasteiger partial charge in [-0.15, -0.1) is 0 Å². The second-order valence-corrected chi connectivity index (χ2v) is 7.17. The van der Waals surface area contributed by atoms with Crippen molar-refractivity contribution in [3.05, 3.63) is 94.6 Å². The highest BCUT2D eigenvalue weighted by Crippen LogP contribution is 2.30. The van der Waals surface area contributed by atoms with Crippen molar-refractivity contribution in [3.8, 4) is 29.4 Å². The summed E-state index contributed by atoms with van der Waals surface area (Å²) in [4.78, 5) is 12.5. The van der Waals surface area contributed by atoms with Gasteiger partial charge in [0, 0.05) is 12.1 Å². The van der Waals surface area contributed by atoms with Crippen molar-refractivity contribution in [1.82, 2.24) is 5.32 Å². The van der Waals surface area contributed by atoms with Crippen LogP contribution in [0.15, 0.2) is 72.3 Å². The molecule has 0 atom stereocenters. The van der Waals surface area contributed by atoms with Gasteiger partial charge in [-0.3, -0.25) is 4.79 Å². The van der Waals surface area contributed by atoms with Crippen molar-refractivity contribution in [2.75, 3.05) is 14.2 Å². The molecule has 0 aromatic heterocycles. The summed E-state index contributed by atoms with van der Waals surface area (Å²) in [5.41, 5.74) is 2.76. The molecular weight excluding hydrogens is 430 g/mol. The fourth-order valence-electron chi connectivity index (χ4n) is 3.14. The van der Waals surface area contributed by atoms with E-state index in [1.54, 1.807) is 49.6 Å². The number of hydrogen-bond acceptors (Lipinski definition) is 6. The van der Waals surface area contributed by atoms with Crippen LogP contribution in [0.2, 0.25) is 0 Å². The largest absolute Gasteiger partial charge is 0.497 e. The quantitative estimate of drug-likeness (QED) is 0.381. The van der Waals surface area contributed by atoms with Crippen molar-refractivity contribution in [1.29, 1.82) is 10.5 Å². The minimum Gasteiger partial charge on any atom is -0.497 e. The van der Waals surface area contributed by atoms with E-state index in [-0.39, 0.29) is 18.7 Å². The van der Waals surface area contributed by atoms with Gasteiger partial charge >= 0.3 is 0 Å². The highest BCUT2D eigenvalue weighted by molar-refractivity contribution is 6.01. The molecule has 0 aliphatic rings. The van der Waals surface area contributed by atoms with Gasteiger partial charge in [0.05, 0.1) is 25.9 Å². The molecule has 7 heteroatoms. The Bertz CT molecular complexity index is 1270. The van der Waals surface area contributed by atoms with E-state index in [9.17, 15) is 15.3 Å². The monoisotopic (exact) mass is 453 g/mol. The Labute approximate surface area is 198 Å². The average Bonchev–Trinajstić information content (AvgIpc) is 2.89. The molecule has 0 heterocycles. The Morgan fingerprint density at radius 1 is 0.971 bits per heavy atom. The highest BCUT2D eigenvalue weighted by atomic mass is 16.5. The normalized spacial score (nSPS) is 10.5. The van der Waals surface area contributed by atoms with Crippen LogP contribution in [0.25, 0.3) is 6.08 Å². The van der Waals surface area contributed by atoms with E-state index < -0.39 is 5.91 Å². The fourth-order valence-corrected chi connectivity index (χ4v) is 3.14. The van der Waals surface area contributed by atoms with Crippen LogP contribution < -0.4 is 19.5 Å². The lowest BCUT2D eigenvalue weighted by molar-refractivity contribution is -0.117. The summed E-state index contributed by atoms with van der Waals surface area (Å²) in [6.45, 7) is 0.481. The van der Waals surface area contributed by atoms with E-state index in [0.717, 1.165) is 16.9 Å². The van der Waals surface area contributed by atoms with Crippen molar-refractivity contribution >= 4 is 12.0 Å². The zero-order valence-corrected chi connectivity index (χ0v) is 18.9. The summed E-state index contributed by atoms with van der Waals surface area (Å²) < 4.78 is 16.4. The summed E-state index contributed by atoms with van der Waals surface area (Å²) >= 11 is 0. The Hall–Kier alpha value is -4.75. The van der Waals surface area contributed by atoms with Gasteiger partial charge in [-0.25, -0.2) is 0 Å². The average molecular weight is 453 g/mol. The lowest BCUT2D eigenvalue weighted by Gasteiger charge is -2.12. The lowest BCUT2D eigenvalue weighted by atomic mass is 10.1. The predicted octanol–water partition coefficient (Wildman–Crippen LogP) is 4.38. The standard InChI is InChI=1S/C27H23N3O4/c1-32-24-10-7-19(8-11-24)17-30-27(31)23(16-29)13-20-9-12-25(26(14-20)33-2)34-18-22-6-4-3-5-21(22)15-28/h3-14H,17-18H2,1-2H3,(H,30,31)/b23-13-. The molecule has 170 valence electrons. The van der Waals surface area contributed by atoms with Gasteiger partial charge < -0.3 is 19.5 Å². The molecule has 0 aliphatic heterocycles. The minimum absolute atomic E-state index is 0.0350. The van der Waals surface area contributed by atoms with Crippen molar-refractivity contribution in [2.24, 2.45) is 0 Å². The second-order valence-electron chi connectivity index (χ2n) is 7.17. The third-order valence-corrected chi connectivity index (χ3v) is 5.00. The Kier molecular flexibility index (Phi) is 8.26. The first-order valence-corrected chi connectivity index (χ1v) is 10.4. The molecule has 3 aromatic carbocycles. The zero-order chi connectivity index (χ0) is 24.3. The molecule has 1 N–H and O–H groups in total. The summed E-state index contributed by atoms with van der Waals surface area (Å²) in [6.07, 6.45) is 1.49. The summed E-state index contributed by atoms with van der Waals surface area (Å²) in [5.74, 6) is 1.17. The number of nitrogens with zero attached hydrogens (tertiary/aromatic N) is 2. The molecule has 0 bridgehead atoms. The van der Waals surface area contributed by atoms with Gasteiger partial charge in [0.2, 0.25) is 0 Å². The maximum atomic E-state index is 12.5. The third-order valence-electron chi connectivity index (χ3n) is 5.00. The molecule has 0 aliphatic carbocycles. The molecule has 0 fully saturated rings. The molecule has 1 amide bonds. The third kappa shape index (κ3) is 6.15. The van der Waals surface area contributed by atoms with Crippen LogP contribution in [0.1, 0.15) is 22.3 Å². The maximum absolute atomic E-state index is 12.5. The van der Waals surface area contributed by atoms with Gasteiger partial charge in [0.1, 0.15) is 24.0 Å². The molecular formula is C27H23N3O4. The van der Waals surface area contributed by atoms with E-state index in [4.69, 9.17) is 14.2 Å². The molecule has 34 heavy (non-hydrogen) atoms. The molecule has 3 rings (SSSR count). The zero-order valence-electron chi connectivity index (χ0n) is 18.9. The van der Waals surface area contributed by atoms with Gasteiger partial charge in [-0.1, -0.05) is 36.4 Å². The number of carbonyl (C=O) groups excluding carboxylic acids is 1. The van der Waals surface area contributed by atoms with E-state index in [2.05, 4.69) is 11.4 Å². The lowest BCUT2D eigenvalue weighted by Crippen LogP contribution is -2.23. The van der Waals surface area contributed by atoms with Crippen LogP contribution in [0.3, 0.4) is 0 Å². The number of hydrogen-bond donors (Lipinski definition) is 1. The van der Waals surface area contributed by atoms with Gasteiger partial charge in [0.25, 0.3) is 5.91 Å². The Morgan fingerprint density at radius 3 is 2.41 bits per heavy atom. The van der Waals surface area contributed by atoms with Crippen LogP contribution in [0.4, 0.5) is 0 Å². The topological polar surface area (TPSA) is 104 Å². The Balaban J connectivity index is 1.69. The van der Waals surface area contributed by atoms with E-state index in [0.29, 0.717) is 22.6 Å². The number of benzene rings is 3. The molecule has 7 nitrogen and oxygen atoms in total.